The third-order valence-corrected chi connectivity index (χ3v) is 5.99. The Balaban J connectivity index is 2.11. The number of thioether (sulfide) groups is 1. The van der Waals surface area contributed by atoms with E-state index in [9.17, 15) is 8.42 Å². The molecule has 0 aromatic heterocycles. The monoisotopic (exact) mass is 314 g/mol. The van der Waals surface area contributed by atoms with Crippen molar-refractivity contribution in [1.29, 1.82) is 0 Å². The van der Waals surface area contributed by atoms with E-state index < -0.39 is 10.0 Å². The Labute approximate surface area is 125 Å². The van der Waals surface area contributed by atoms with Gasteiger partial charge in [-0.05, 0) is 43.7 Å². The van der Waals surface area contributed by atoms with Crippen LogP contribution in [0.3, 0.4) is 0 Å². The topological polar surface area (TPSA) is 72.2 Å². The van der Waals surface area contributed by atoms with Crippen LogP contribution in [0.2, 0.25) is 0 Å². The van der Waals surface area contributed by atoms with Crippen molar-refractivity contribution in [2.45, 2.75) is 48.4 Å². The van der Waals surface area contributed by atoms with Gasteiger partial charge in [-0.2, -0.15) is 11.8 Å². The summed E-state index contributed by atoms with van der Waals surface area (Å²) in [7, 11) is -3.63. The summed E-state index contributed by atoms with van der Waals surface area (Å²) in [4.78, 5) is 0.177. The molecule has 1 aromatic rings. The van der Waals surface area contributed by atoms with Gasteiger partial charge in [0, 0.05) is 17.3 Å². The first kappa shape index (κ1) is 15.8. The smallest absolute Gasteiger partial charge is 0.238 e. The highest BCUT2D eigenvalue weighted by Gasteiger charge is 2.27. The van der Waals surface area contributed by atoms with Gasteiger partial charge < -0.3 is 5.32 Å². The number of nitrogens with two attached hydrogens (primary N) is 1. The maximum absolute atomic E-state index is 11.4. The lowest BCUT2D eigenvalue weighted by molar-refractivity contribution is 0.467. The van der Waals surface area contributed by atoms with Crippen LogP contribution in [0.5, 0.6) is 0 Å². The van der Waals surface area contributed by atoms with Crippen LogP contribution in [0.1, 0.15) is 37.8 Å². The molecule has 0 saturated heterocycles. The SMILES string of the molecule is CSC1CCCC1NC(C)c1cccc(S(N)(=O)=O)c1. The fourth-order valence-electron chi connectivity index (χ4n) is 2.78. The normalized spacial score (nSPS) is 24.8. The molecule has 1 aliphatic rings. The summed E-state index contributed by atoms with van der Waals surface area (Å²) < 4.78 is 22.8. The molecular weight excluding hydrogens is 292 g/mol. The predicted octanol–water partition coefficient (Wildman–Crippen LogP) is 2.27. The van der Waals surface area contributed by atoms with Crippen molar-refractivity contribution in [1.82, 2.24) is 5.32 Å². The highest BCUT2D eigenvalue weighted by atomic mass is 32.2. The molecule has 3 unspecified atom stereocenters. The lowest BCUT2D eigenvalue weighted by atomic mass is 10.1. The minimum atomic E-state index is -3.63. The van der Waals surface area contributed by atoms with E-state index in [4.69, 9.17) is 5.14 Å². The molecule has 1 saturated carbocycles. The Hall–Kier alpha value is -0.560. The lowest BCUT2D eigenvalue weighted by Gasteiger charge is -2.24. The van der Waals surface area contributed by atoms with E-state index in [2.05, 4.69) is 18.5 Å². The zero-order valence-corrected chi connectivity index (χ0v) is 13.5. The van der Waals surface area contributed by atoms with Gasteiger partial charge in [0.25, 0.3) is 0 Å². The van der Waals surface area contributed by atoms with Gasteiger partial charge in [0.05, 0.1) is 4.90 Å². The van der Waals surface area contributed by atoms with E-state index in [1.165, 1.54) is 25.3 Å². The quantitative estimate of drug-likeness (QED) is 0.874. The van der Waals surface area contributed by atoms with Crippen molar-refractivity contribution in [2.24, 2.45) is 5.14 Å². The molecule has 0 spiro atoms. The summed E-state index contributed by atoms with van der Waals surface area (Å²) in [6, 6.07) is 7.50. The van der Waals surface area contributed by atoms with Crippen LogP contribution in [0.25, 0.3) is 0 Å². The van der Waals surface area contributed by atoms with Crippen LogP contribution in [0.4, 0.5) is 0 Å². The van der Waals surface area contributed by atoms with E-state index in [-0.39, 0.29) is 10.9 Å². The summed E-state index contributed by atoms with van der Waals surface area (Å²) in [5.41, 5.74) is 0.961. The van der Waals surface area contributed by atoms with E-state index in [1.807, 2.05) is 17.8 Å². The minimum Gasteiger partial charge on any atom is -0.306 e. The Morgan fingerprint density at radius 3 is 2.80 bits per heavy atom. The van der Waals surface area contributed by atoms with Crippen LogP contribution in [0.15, 0.2) is 29.2 Å². The number of benzene rings is 1. The maximum atomic E-state index is 11.4. The van der Waals surface area contributed by atoms with Crippen LogP contribution in [-0.4, -0.2) is 26.0 Å². The molecule has 0 radical (unpaired) electrons. The second-order valence-electron chi connectivity index (χ2n) is 5.32. The molecule has 0 bridgehead atoms. The van der Waals surface area contributed by atoms with Gasteiger partial charge in [0.15, 0.2) is 0 Å². The summed E-state index contributed by atoms with van der Waals surface area (Å²) in [5.74, 6) is 0. The fourth-order valence-corrected chi connectivity index (χ4v) is 4.29. The average Bonchev–Trinajstić information content (AvgIpc) is 2.85. The molecule has 0 aliphatic heterocycles. The molecular formula is C14H22N2O2S2. The molecule has 3 N–H and O–H groups in total. The van der Waals surface area contributed by atoms with Gasteiger partial charge in [-0.25, -0.2) is 13.6 Å². The highest BCUT2D eigenvalue weighted by molar-refractivity contribution is 7.99. The summed E-state index contributed by atoms with van der Waals surface area (Å²) >= 11 is 1.91. The number of primary sulfonamides is 1. The van der Waals surface area contributed by atoms with Crippen LogP contribution in [0, 0.1) is 0 Å². The fraction of sp³-hybridized carbons (Fsp3) is 0.571. The van der Waals surface area contributed by atoms with E-state index >= 15 is 0 Å². The predicted molar refractivity (Wildman–Crippen MR) is 84.3 cm³/mol. The van der Waals surface area contributed by atoms with E-state index in [0.29, 0.717) is 11.3 Å². The highest BCUT2D eigenvalue weighted by Crippen LogP contribution is 2.30. The first-order valence-electron chi connectivity index (χ1n) is 6.83. The van der Waals surface area contributed by atoms with Crippen molar-refractivity contribution in [3.63, 3.8) is 0 Å². The number of rotatable bonds is 5. The first-order valence-corrected chi connectivity index (χ1v) is 9.67. The Kier molecular flexibility index (Phi) is 5.12. The van der Waals surface area contributed by atoms with Gasteiger partial charge in [0.1, 0.15) is 0 Å². The molecule has 0 amide bonds. The van der Waals surface area contributed by atoms with Crippen molar-refractivity contribution in [2.75, 3.05) is 6.26 Å². The third kappa shape index (κ3) is 3.75. The maximum Gasteiger partial charge on any atom is 0.238 e. The summed E-state index contributed by atoms with van der Waals surface area (Å²) in [6.45, 7) is 2.07. The standard InChI is InChI=1S/C14H22N2O2S2/c1-10(16-13-7-4-8-14(13)19-2)11-5-3-6-12(9-11)20(15,17)18/h3,5-6,9-10,13-14,16H,4,7-8H2,1-2H3,(H2,15,17,18). The van der Waals surface area contributed by atoms with Gasteiger partial charge >= 0.3 is 0 Å². The molecule has 112 valence electrons. The van der Waals surface area contributed by atoms with Crippen molar-refractivity contribution in [3.8, 4) is 0 Å². The molecule has 3 atom stereocenters. The molecule has 0 heterocycles. The lowest BCUT2D eigenvalue weighted by Crippen LogP contribution is -2.35. The average molecular weight is 314 g/mol. The Bertz CT molecular complexity index is 560. The number of sulfonamides is 1. The molecule has 1 aromatic carbocycles. The largest absolute Gasteiger partial charge is 0.306 e. The summed E-state index contributed by atoms with van der Waals surface area (Å²) in [5, 5.41) is 9.45. The van der Waals surface area contributed by atoms with Gasteiger partial charge in [-0.3, -0.25) is 0 Å². The van der Waals surface area contributed by atoms with Gasteiger partial charge in [-0.15, -0.1) is 0 Å². The zero-order valence-electron chi connectivity index (χ0n) is 11.9. The first-order chi connectivity index (χ1) is 9.41. The van der Waals surface area contributed by atoms with Crippen LogP contribution < -0.4 is 10.5 Å². The van der Waals surface area contributed by atoms with Gasteiger partial charge in [0.2, 0.25) is 10.0 Å². The molecule has 4 nitrogen and oxygen atoms in total. The Morgan fingerprint density at radius 2 is 2.15 bits per heavy atom. The molecule has 20 heavy (non-hydrogen) atoms. The van der Waals surface area contributed by atoms with E-state index in [0.717, 1.165) is 5.56 Å². The van der Waals surface area contributed by atoms with Crippen LogP contribution in [-0.2, 0) is 10.0 Å². The van der Waals surface area contributed by atoms with Crippen molar-refractivity contribution >= 4 is 21.8 Å². The number of hydrogen-bond acceptors (Lipinski definition) is 4. The summed E-state index contributed by atoms with van der Waals surface area (Å²) in [6.07, 6.45) is 5.84. The molecule has 1 fully saturated rings. The minimum absolute atomic E-state index is 0.120. The van der Waals surface area contributed by atoms with Crippen LogP contribution >= 0.6 is 11.8 Å². The number of hydrogen-bond donors (Lipinski definition) is 2. The Morgan fingerprint density at radius 1 is 1.40 bits per heavy atom. The number of nitrogens with one attached hydrogen (secondary N) is 1. The molecule has 1 aliphatic carbocycles. The van der Waals surface area contributed by atoms with Crippen molar-refractivity contribution in [3.05, 3.63) is 29.8 Å². The third-order valence-electron chi connectivity index (χ3n) is 3.91. The second kappa shape index (κ2) is 6.47. The molecule has 6 heteroatoms. The van der Waals surface area contributed by atoms with Gasteiger partial charge in [-0.1, -0.05) is 18.6 Å². The van der Waals surface area contributed by atoms with Crippen molar-refractivity contribution < 1.29 is 8.42 Å². The molecule has 2 rings (SSSR count). The zero-order chi connectivity index (χ0) is 14.8. The van der Waals surface area contributed by atoms with E-state index in [1.54, 1.807) is 12.1 Å². The second-order valence-corrected chi connectivity index (χ2v) is 7.96.